The highest BCUT2D eigenvalue weighted by Gasteiger charge is 2.05. The lowest BCUT2D eigenvalue weighted by Crippen LogP contribution is -2.14. The maximum absolute atomic E-state index is 12.0. The first-order valence-electron chi connectivity index (χ1n) is 6.31. The fourth-order valence-corrected chi connectivity index (χ4v) is 2.26. The van der Waals surface area contributed by atoms with Gasteiger partial charge in [0.2, 0.25) is 5.91 Å². The van der Waals surface area contributed by atoms with Crippen LogP contribution in [-0.4, -0.2) is 12.5 Å². The van der Waals surface area contributed by atoms with Crippen molar-refractivity contribution in [3.63, 3.8) is 0 Å². The Balaban J connectivity index is 1.98. The maximum atomic E-state index is 12.0. The number of benzene rings is 2. The molecular formula is C16H13BrN2O2. The molecule has 0 aromatic heterocycles. The summed E-state index contributed by atoms with van der Waals surface area (Å²) in [7, 11) is 0. The van der Waals surface area contributed by atoms with Crippen LogP contribution < -0.4 is 10.1 Å². The van der Waals surface area contributed by atoms with Gasteiger partial charge in [0.05, 0.1) is 6.42 Å². The van der Waals surface area contributed by atoms with Crippen molar-refractivity contribution in [1.29, 1.82) is 5.26 Å². The van der Waals surface area contributed by atoms with E-state index in [0.29, 0.717) is 17.9 Å². The van der Waals surface area contributed by atoms with E-state index >= 15 is 0 Å². The Kier molecular flexibility index (Phi) is 5.35. The van der Waals surface area contributed by atoms with Crippen molar-refractivity contribution in [1.82, 2.24) is 0 Å². The van der Waals surface area contributed by atoms with Gasteiger partial charge < -0.3 is 10.1 Å². The zero-order valence-corrected chi connectivity index (χ0v) is 12.8. The minimum atomic E-state index is -0.106. The van der Waals surface area contributed by atoms with Crippen LogP contribution in [-0.2, 0) is 11.2 Å². The molecule has 0 saturated heterocycles. The fraction of sp³-hybridized carbons (Fsp3) is 0.125. The van der Waals surface area contributed by atoms with E-state index in [2.05, 4.69) is 21.2 Å². The molecule has 0 aliphatic carbocycles. The Hall–Kier alpha value is -2.32. The van der Waals surface area contributed by atoms with Crippen LogP contribution in [0.2, 0.25) is 0 Å². The average Bonchev–Trinajstić information content (AvgIpc) is 2.45. The van der Waals surface area contributed by atoms with Crippen LogP contribution in [0.3, 0.4) is 0 Å². The molecule has 106 valence electrons. The molecular weight excluding hydrogens is 332 g/mol. The minimum Gasteiger partial charge on any atom is -0.479 e. The Labute approximate surface area is 131 Å². The quantitative estimate of drug-likeness (QED) is 0.902. The summed E-state index contributed by atoms with van der Waals surface area (Å²) in [5.74, 6) is 0.447. The molecule has 1 amide bonds. The zero-order valence-electron chi connectivity index (χ0n) is 11.2. The Morgan fingerprint density at radius 3 is 2.81 bits per heavy atom. The normalized spacial score (nSPS) is 9.71. The van der Waals surface area contributed by atoms with Crippen molar-refractivity contribution < 1.29 is 9.53 Å². The molecule has 4 nitrogen and oxygen atoms in total. The molecule has 2 aromatic rings. The van der Waals surface area contributed by atoms with Gasteiger partial charge in [-0.2, -0.15) is 5.26 Å². The molecule has 0 aliphatic heterocycles. The lowest BCUT2D eigenvalue weighted by molar-refractivity contribution is -0.115. The summed E-state index contributed by atoms with van der Waals surface area (Å²) in [6.07, 6.45) is 0.294. The van der Waals surface area contributed by atoms with Gasteiger partial charge >= 0.3 is 0 Å². The summed E-state index contributed by atoms with van der Waals surface area (Å²) in [5.41, 5.74) is 1.57. The third-order valence-electron chi connectivity index (χ3n) is 2.67. The highest BCUT2D eigenvalue weighted by Crippen LogP contribution is 2.18. The smallest absolute Gasteiger partial charge is 0.228 e. The number of rotatable bonds is 5. The molecule has 0 unspecified atom stereocenters. The number of hydrogen-bond donors (Lipinski definition) is 1. The van der Waals surface area contributed by atoms with Crippen LogP contribution in [0.25, 0.3) is 0 Å². The van der Waals surface area contributed by atoms with Crippen molar-refractivity contribution in [2.45, 2.75) is 6.42 Å². The summed E-state index contributed by atoms with van der Waals surface area (Å²) < 4.78 is 6.14. The SMILES string of the molecule is N#CCOc1cccc(NC(=O)Cc2cccc(Br)c2)c1. The average molecular weight is 345 g/mol. The second kappa shape index (κ2) is 7.46. The first kappa shape index (κ1) is 15.1. The van der Waals surface area contributed by atoms with Crippen molar-refractivity contribution in [2.75, 3.05) is 11.9 Å². The topological polar surface area (TPSA) is 62.1 Å². The number of anilines is 1. The molecule has 0 fully saturated rings. The number of nitriles is 1. The third kappa shape index (κ3) is 4.93. The molecule has 0 saturated carbocycles. The van der Waals surface area contributed by atoms with Crippen LogP contribution >= 0.6 is 15.9 Å². The molecule has 5 heteroatoms. The van der Waals surface area contributed by atoms with Gasteiger partial charge in [-0.05, 0) is 29.8 Å². The highest BCUT2D eigenvalue weighted by atomic mass is 79.9. The minimum absolute atomic E-state index is 0.0184. The predicted octanol–water partition coefficient (Wildman–Crippen LogP) is 3.53. The predicted molar refractivity (Wildman–Crippen MR) is 84.0 cm³/mol. The van der Waals surface area contributed by atoms with Gasteiger partial charge in [-0.25, -0.2) is 0 Å². The summed E-state index contributed by atoms with van der Waals surface area (Å²) in [5, 5.41) is 11.3. The first-order chi connectivity index (χ1) is 10.2. The van der Waals surface area contributed by atoms with E-state index in [4.69, 9.17) is 10.00 Å². The second-order valence-corrected chi connectivity index (χ2v) is 5.25. The maximum Gasteiger partial charge on any atom is 0.228 e. The van der Waals surface area contributed by atoms with Gasteiger partial charge in [0.1, 0.15) is 11.8 Å². The monoisotopic (exact) mass is 344 g/mol. The van der Waals surface area contributed by atoms with Gasteiger partial charge in [0, 0.05) is 16.2 Å². The Morgan fingerprint density at radius 2 is 2.05 bits per heavy atom. The van der Waals surface area contributed by atoms with Crippen LogP contribution in [0.1, 0.15) is 5.56 Å². The van der Waals surface area contributed by atoms with E-state index in [1.165, 1.54) is 0 Å². The fourth-order valence-electron chi connectivity index (χ4n) is 1.82. The largest absolute Gasteiger partial charge is 0.479 e. The second-order valence-electron chi connectivity index (χ2n) is 4.33. The van der Waals surface area contributed by atoms with Crippen molar-refractivity contribution in [3.05, 3.63) is 58.6 Å². The summed E-state index contributed by atoms with van der Waals surface area (Å²) in [4.78, 5) is 12.0. The molecule has 0 heterocycles. The van der Waals surface area contributed by atoms with Gasteiger partial charge in [-0.1, -0.05) is 34.1 Å². The molecule has 0 aliphatic rings. The van der Waals surface area contributed by atoms with Crippen molar-refractivity contribution >= 4 is 27.5 Å². The van der Waals surface area contributed by atoms with Gasteiger partial charge in [-0.15, -0.1) is 0 Å². The molecule has 2 aromatic carbocycles. The summed E-state index contributed by atoms with van der Waals surface area (Å²) in [6.45, 7) is -0.0184. The molecule has 1 N–H and O–H groups in total. The number of halogens is 1. The summed E-state index contributed by atoms with van der Waals surface area (Å²) in [6, 6.07) is 16.5. The number of carbonyl (C=O) groups excluding carboxylic acids is 1. The zero-order chi connectivity index (χ0) is 15.1. The van der Waals surface area contributed by atoms with Gasteiger partial charge in [-0.3, -0.25) is 4.79 Å². The molecule has 2 rings (SSSR count). The number of nitrogens with zero attached hydrogens (tertiary/aromatic N) is 1. The van der Waals surface area contributed by atoms with E-state index in [1.54, 1.807) is 24.3 Å². The standard InChI is InChI=1S/C16H13BrN2O2/c17-13-4-1-3-12(9-13)10-16(20)19-14-5-2-6-15(11-14)21-8-7-18/h1-6,9,11H,8,10H2,(H,19,20). The van der Waals surface area contributed by atoms with E-state index < -0.39 is 0 Å². The molecule has 0 spiro atoms. The van der Waals surface area contributed by atoms with Crippen LogP contribution in [0.15, 0.2) is 53.0 Å². The van der Waals surface area contributed by atoms with Crippen molar-refractivity contribution in [3.8, 4) is 11.8 Å². The van der Waals surface area contributed by atoms with Crippen LogP contribution in [0, 0.1) is 11.3 Å². The molecule has 0 radical (unpaired) electrons. The number of amides is 1. The first-order valence-corrected chi connectivity index (χ1v) is 7.11. The number of ether oxygens (including phenoxy) is 1. The van der Waals surface area contributed by atoms with E-state index in [9.17, 15) is 4.79 Å². The lowest BCUT2D eigenvalue weighted by Gasteiger charge is -2.08. The lowest BCUT2D eigenvalue weighted by atomic mass is 10.1. The third-order valence-corrected chi connectivity index (χ3v) is 3.17. The van der Waals surface area contributed by atoms with Crippen LogP contribution in [0.5, 0.6) is 5.75 Å². The van der Waals surface area contributed by atoms with E-state index in [0.717, 1.165) is 10.0 Å². The Morgan fingerprint density at radius 1 is 1.24 bits per heavy atom. The number of carbonyl (C=O) groups is 1. The van der Waals surface area contributed by atoms with Gasteiger partial charge in [0.15, 0.2) is 6.61 Å². The van der Waals surface area contributed by atoms with E-state index in [1.807, 2.05) is 30.3 Å². The number of hydrogen-bond acceptors (Lipinski definition) is 3. The summed E-state index contributed by atoms with van der Waals surface area (Å²) >= 11 is 3.38. The van der Waals surface area contributed by atoms with Crippen molar-refractivity contribution in [2.24, 2.45) is 0 Å². The molecule has 21 heavy (non-hydrogen) atoms. The molecule has 0 atom stereocenters. The Bertz CT molecular complexity index is 680. The van der Waals surface area contributed by atoms with Crippen LogP contribution in [0.4, 0.5) is 5.69 Å². The van der Waals surface area contributed by atoms with E-state index in [-0.39, 0.29) is 12.5 Å². The number of nitrogens with one attached hydrogen (secondary N) is 1. The van der Waals surface area contributed by atoms with Gasteiger partial charge in [0.25, 0.3) is 0 Å². The highest BCUT2D eigenvalue weighted by molar-refractivity contribution is 9.10. The molecule has 0 bridgehead atoms.